The van der Waals surface area contributed by atoms with Gasteiger partial charge in [0.25, 0.3) is 0 Å². The molecule has 0 aliphatic heterocycles. The molecular formula is C17H21NO3S2. The SMILES string of the molecule is CNC1CCC(OC(=O)C(O)(c2cccs2)c2cccs2)CC1. The molecule has 1 aliphatic rings. The number of aliphatic hydroxyl groups is 1. The minimum Gasteiger partial charge on any atom is -0.460 e. The molecule has 4 nitrogen and oxygen atoms in total. The number of hydrogen-bond acceptors (Lipinski definition) is 6. The molecule has 1 fully saturated rings. The lowest BCUT2D eigenvalue weighted by Crippen LogP contribution is -2.41. The van der Waals surface area contributed by atoms with E-state index in [4.69, 9.17) is 4.74 Å². The molecule has 0 spiro atoms. The molecule has 0 bridgehead atoms. The van der Waals surface area contributed by atoms with Crippen LogP contribution in [-0.4, -0.2) is 30.3 Å². The quantitative estimate of drug-likeness (QED) is 0.813. The molecule has 2 N–H and O–H groups in total. The van der Waals surface area contributed by atoms with Crippen LogP contribution in [0.5, 0.6) is 0 Å². The van der Waals surface area contributed by atoms with Gasteiger partial charge in [-0.1, -0.05) is 12.1 Å². The molecule has 0 saturated heterocycles. The van der Waals surface area contributed by atoms with Crippen LogP contribution in [0.4, 0.5) is 0 Å². The first-order valence-electron chi connectivity index (χ1n) is 7.83. The number of hydrogen-bond donors (Lipinski definition) is 2. The second-order valence-corrected chi connectivity index (χ2v) is 7.73. The number of ether oxygens (including phenoxy) is 1. The lowest BCUT2D eigenvalue weighted by atomic mass is 9.92. The van der Waals surface area contributed by atoms with Crippen LogP contribution < -0.4 is 5.32 Å². The van der Waals surface area contributed by atoms with Crippen LogP contribution in [0.1, 0.15) is 35.4 Å². The monoisotopic (exact) mass is 351 g/mol. The fourth-order valence-electron chi connectivity index (χ4n) is 3.00. The van der Waals surface area contributed by atoms with Crippen molar-refractivity contribution in [2.75, 3.05) is 7.05 Å². The Morgan fingerprint density at radius 3 is 2.17 bits per heavy atom. The predicted octanol–water partition coefficient (Wildman–Crippen LogP) is 3.12. The number of carbonyl (C=O) groups is 1. The van der Waals surface area contributed by atoms with Gasteiger partial charge in [0.05, 0.1) is 9.75 Å². The Morgan fingerprint density at radius 2 is 1.74 bits per heavy atom. The first-order chi connectivity index (χ1) is 11.1. The molecule has 0 atom stereocenters. The molecule has 0 aromatic carbocycles. The Kier molecular flexibility index (Phi) is 5.16. The average Bonchev–Trinajstić information content (AvgIpc) is 3.28. The van der Waals surface area contributed by atoms with Gasteiger partial charge in [0.1, 0.15) is 6.10 Å². The van der Waals surface area contributed by atoms with Gasteiger partial charge in [0, 0.05) is 6.04 Å². The summed E-state index contributed by atoms with van der Waals surface area (Å²) in [6.07, 6.45) is 3.54. The van der Waals surface area contributed by atoms with Crippen LogP contribution in [0.25, 0.3) is 0 Å². The van der Waals surface area contributed by atoms with E-state index >= 15 is 0 Å². The third-order valence-corrected chi connectivity index (χ3v) is 6.36. The van der Waals surface area contributed by atoms with Crippen LogP contribution >= 0.6 is 22.7 Å². The summed E-state index contributed by atoms with van der Waals surface area (Å²) in [5, 5.41) is 18.2. The van der Waals surface area contributed by atoms with Crippen LogP contribution in [0, 0.1) is 0 Å². The molecule has 1 saturated carbocycles. The van der Waals surface area contributed by atoms with Crippen LogP contribution in [-0.2, 0) is 15.1 Å². The lowest BCUT2D eigenvalue weighted by Gasteiger charge is -2.31. The Hall–Kier alpha value is -1.21. The van der Waals surface area contributed by atoms with Gasteiger partial charge in [-0.3, -0.25) is 0 Å². The molecular weight excluding hydrogens is 330 g/mol. The van der Waals surface area contributed by atoms with Gasteiger partial charge in [-0.15, -0.1) is 22.7 Å². The third-order valence-electron chi connectivity index (χ3n) is 4.41. The van der Waals surface area contributed by atoms with E-state index in [-0.39, 0.29) is 6.10 Å². The van der Waals surface area contributed by atoms with Crippen molar-refractivity contribution in [3.8, 4) is 0 Å². The van der Waals surface area contributed by atoms with Crippen molar-refractivity contribution in [2.24, 2.45) is 0 Å². The van der Waals surface area contributed by atoms with E-state index in [9.17, 15) is 9.90 Å². The molecule has 124 valence electrons. The van der Waals surface area contributed by atoms with Crippen LogP contribution in [0.2, 0.25) is 0 Å². The maximum Gasteiger partial charge on any atom is 0.349 e. The molecule has 0 radical (unpaired) electrons. The van der Waals surface area contributed by atoms with E-state index in [1.165, 1.54) is 22.7 Å². The molecule has 2 heterocycles. The Balaban J connectivity index is 1.77. The largest absolute Gasteiger partial charge is 0.460 e. The molecule has 23 heavy (non-hydrogen) atoms. The number of carbonyl (C=O) groups excluding carboxylic acids is 1. The molecule has 2 aromatic heterocycles. The Bertz CT molecular complexity index is 582. The second kappa shape index (κ2) is 7.13. The fourth-order valence-corrected chi connectivity index (χ4v) is 4.71. The highest BCUT2D eigenvalue weighted by Crippen LogP contribution is 2.37. The van der Waals surface area contributed by atoms with Crippen molar-refractivity contribution in [3.05, 3.63) is 44.8 Å². The Morgan fingerprint density at radius 1 is 1.17 bits per heavy atom. The average molecular weight is 351 g/mol. The second-order valence-electron chi connectivity index (χ2n) is 5.83. The van der Waals surface area contributed by atoms with Gasteiger partial charge in [-0.05, 0) is 55.6 Å². The van der Waals surface area contributed by atoms with E-state index in [0.29, 0.717) is 15.8 Å². The summed E-state index contributed by atoms with van der Waals surface area (Å²) in [4.78, 5) is 14.0. The van der Waals surface area contributed by atoms with Crippen molar-refractivity contribution in [1.82, 2.24) is 5.32 Å². The summed E-state index contributed by atoms with van der Waals surface area (Å²) in [7, 11) is 1.96. The topological polar surface area (TPSA) is 58.6 Å². The number of rotatable bonds is 5. The first-order valence-corrected chi connectivity index (χ1v) is 9.59. The van der Waals surface area contributed by atoms with Crippen LogP contribution in [0.3, 0.4) is 0 Å². The summed E-state index contributed by atoms with van der Waals surface area (Å²) < 4.78 is 5.69. The van der Waals surface area contributed by atoms with Crippen molar-refractivity contribution >= 4 is 28.6 Å². The normalized spacial score (nSPS) is 22.0. The summed E-state index contributed by atoms with van der Waals surface area (Å²) in [6.45, 7) is 0. The van der Waals surface area contributed by atoms with E-state index in [1.54, 1.807) is 12.1 Å². The summed E-state index contributed by atoms with van der Waals surface area (Å²) >= 11 is 2.74. The predicted molar refractivity (Wildman–Crippen MR) is 92.8 cm³/mol. The van der Waals surface area contributed by atoms with E-state index in [0.717, 1.165) is 25.7 Å². The fraction of sp³-hybridized carbons (Fsp3) is 0.471. The van der Waals surface area contributed by atoms with Crippen molar-refractivity contribution < 1.29 is 14.6 Å². The zero-order valence-corrected chi connectivity index (χ0v) is 14.7. The maximum absolute atomic E-state index is 12.8. The summed E-state index contributed by atoms with van der Waals surface area (Å²) in [5.74, 6) is -0.560. The molecule has 0 amide bonds. The maximum atomic E-state index is 12.8. The Labute approximate surface area is 144 Å². The van der Waals surface area contributed by atoms with E-state index < -0.39 is 11.6 Å². The smallest absolute Gasteiger partial charge is 0.349 e. The minimum atomic E-state index is -1.69. The number of esters is 1. The highest BCUT2D eigenvalue weighted by Gasteiger charge is 2.44. The molecule has 6 heteroatoms. The lowest BCUT2D eigenvalue weighted by molar-refractivity contribution is -0.169. The van der Waals surface area contributed by atoms with Gasteiger partial charge in [0.2, 0.25) is 5.60 Å². The van der Waals surface area contributed by atoms with Gasteiger partial charge in [-0.25, -0.2) is 4.79 Å². The van der Waals surface area contributed by atoms with E-state index in [1.807, 2.05) is 29.9 Å². The summed E-state index contributed by atoms with van der Waals surface area (Å²) in [6, 6.07) is 7.74. The van der Waals surface area contributed by atoms with E-state index in [2.05, 4.69) is 5.32 Å². The molecule has 3 rings (SSSR count). The van der Waals surface area contributed by atoms with Crippen molar-refractivity contribution in [2.45, 2.75) is 43.4 Å². The molecule has 2 aromatic rings. The highest BCUT2D eigenvalue weighted by atomic mass is 32.1. The number of thiophene rings is 2. The first kappa shape index (κ1) is 16.6. The molecule has 0 unspecified atom stereocenters. The van der Waals surface area contributed by atoms with Crippen molar-refractivity contribution in [1.29, 1.82) is 0 Å². The zero-order valence-electron chi connectivity index (χ0n) is 13.0. The highest BCUT2D eigenvalue weighted by molar-refractivity contribution is 7.12. The van der Waals surface area contributed by atoms with Crippen molar-refractivity contribution in [3.63, 3.8) is 0 Å². The van der Waals surface area contributed by atoms with Gasteiger partial charge >= 0.3 is 5.97 Å². The van der Waals surface area contributed by atoms with Gasteiger partial charge < -0.3 is 15.2 Å². The standard InChI is InChI=1S/C17H21NO3S2/c1-18-12-6-8-13(9-7-12)21-16(19)17(20,14-4-2-10-22-14)15-5-3-11-23-15/h2-5,10-13,18,20H,6-9H2,1H3. The zero-order chi connectivity index (χ0) is 16.3. The minimum absolute atomic E-state index is 0.112. The van der Waals surface area contributed by atoms with Gasteiger partial charge in [0.15, 0.2) is 0 Å². The number of nitrogens with one attached hydrogen (secondary N) is 1. The van der Waals surface area contributed by atoms with Gasteiger partial charge in [-0.2, -0.15) is 0 Å². The van der Waals surface area contributed by atoms with Crippen LogP contribution in [0.15, 0.2) is 35.0 Å². The summed E-state index contributed by atoms with van der Waals surface area (Å²) in [5.41, 5.74) is -1.69. The third kappa shape index (κ3) is 3.35. The molecule has 1 aliphatic carbocycles.